The van der Waals surface area contributed by atoms with E-state index in [2.05, 4.69) is 0 Å². The lowest BCUT2D eigenvalue weighted by Gasteiger charge is -2.24. The maximum absolute atomic E-state index is 13.6. The third-order valence-corrected chi connectivity index (χ3v) is 4.59. The molecule has 0 bridgehead atoms. The molecule has 5 nitrogen and oxygen atoms in total. The maximum Gasteiger partial charge on any atom is 0.324 e. The third kappa shape index (κ3) is 3.43. The summed E-state index contributed by atoms with van der Waals surface area (Å²) in [5.41, 5.74) is -1.70. The zero-order valence-electron chi connectivity index (χ0n) is 10.3. The number of benzene rings is 1. The molecule has 0 amide bonds. The summed E-state index contributed by atoms with van der Waals surface area (Å²) in [5, 5.41) is 9.06. The number of halogens is 2. The predicted molar refractivity (Wildman–Crippen MR) is 68.1 cm³/mol. The van der Waals surface area contributed by atoms with Gasteiger partial charge < -0.3 is 5.11 Å². The average molecular weight is 310 g/mol. The molecule has 0 aliphatic carbocycles. The second kappa shape index (κ2) is 5.44. The Morgan fingerprint density at radius 3 is 2.53 bits per heavy atom. The van der Waals surface area contributed by atoms with Crippen LogP contribution in [0.1, 0.15) is 20.3 Å². The van der Waals surface area contributed by atoms with Crippen molar-refractivity contribution in [2.45, 2.75) is 30.7 Å². The molecule has 0 fully saturated rings. The van der Waals surface area contributed by atoms with Crippen LogP contribution in [0.4, 0.5) is 4.39 Å². The topological polar surface area (TPSA) is 83.5 Å². The van der Waals surface area contributed by atoms with E-state index >= 15 is 0 Å². The lowest BCUT2D eigenvalue weighted by Crippen LogP contribution is -2.51. The Labute approximate surface area is 115 Å². The molecule has 19 heavy (non-hydrogen) atoms. The summed E-state index contributed by atoms with van der Waals surface area (Å²) in [6, 6.07) is 3.04. The van der Waals surface area contributed by atoms with E-state index in [4.69, 9.17) is 16.7 Å². The number of carboxylic acid groups (broad SMARTS) is 1. The number of carbonyl (C=O) groups is 1. The molecular formula is C11H13ClFNO4S. The van der Waals surface area contributed by atoms with Crippen molar-refractivity contribution in [2.75, 3.05) is 0 Å². The lowest BCUT2D eigenvalue weighted by molar-refractivity contribution is -0.143. The number of carboxylic acids is 1. The Hall–Kier alpha value is -1.18. The van der Waals surface area contributed by atoms with Gasteiger partial charge in [-0.05, 0) is 31.5 Å². The Balaban J connectivity index is 3.22. The molecule has 1 atom stereocenters. The van der Waals surface area contributed by atoms with Gasteiger partial charge in [-0.2, -0.15) is 4.72 Å². The first-order valence-electron chi connectivity index (χ1n) is 5.35. The van der Waals surface area contributed by atoms with Gasteiger partial charge in [0.05, 0.1) is 0 Å². The zero-order chi connectivity index (χ0) is 14.8. The molecule has 0 heterocycles. The zero-order valence-corrected chi connectivity index (χ0v) is 11.8. The monoisotopic (exact) mass is 309 g/mol. The molecule has 1 aromatic rings. The van der Waals surface area contributed by atoms with Crippen molar-refractivity contribution in [3.63, 3.8) is 0 Å². The van der Waals surface area contributed by atoms with E-state index in [0.717, 1.165) is 12.1 Å². The molecule has 0 radical (unpaired) electrons. The van der Waals surface area contributed by atoms with Crippen molar-refractivity contribution in [1.29, 1.82) is 0 Å². The van der Waals surface area contributed by atoms with Crippen molar-refractivity contribution in [3.05, 3.63) is 29.0 Å². The Morgan fingerprint density at radius 2 is 2.11 bits per heavy atom. The summed E-state index contributed by atoms with van der Waals surface area (Å²) < 4.78 is 39.5. The van der Waals surface area contributed by atoms with E-state index in [9.17, 15) is 17.6 Å². The first kappa shape index (κ1) is 15.9. The van der Waals surface area contributed by atoms with Gasteiger partial charge in [0.2, 0.25) is 10.0 Å². The average Bonchev–Trinajstić information content (AvgIpc) is 2.27. The standard InChI is InChI=1S/C11H13ClFNO4S/c1-3-11(2,10(15)16)14-19(17,18)9-5-4-7(12)6-8(9)13/h4-6,14H,3H2,1-2H3,(H,15,16). The number of nitrogens with one attached hydrogen (secondary N) is 1. The fraction of sp³-hybridized carbons (Fsp3) is 0.364. The highest BCUT2D eigenvalue weighted by Gasteiger charge is 2.37. The molecule has 0 saturated carbocycles. The van der Waals surface area contributed by atoms with E-state index in [-0.39, 0.29) is 11.4 Å². The molecule has 0 aliphatic heterocycles. The molecule has 0 aliphatic rings. The maximum atomic E-state index is 13.6. The summed E-state index contributed by atoms with van der Waals surface area (Å²) in [7, 11) is -4.29. The smallest absolute Gasteiger partial charge is 0.324 e. The minimum absolute atomic E-state index is 0.0107. The first-order valence-corrected chi connectivity index (χ1v) is 7.21. The quantitative estimate of drug-likeness (QED) is 0.871. The van der Waals surface area contributed by atoms with E-state index in [0.29, 0.717) is 0 Å². The Kier molecular flexibility index (Phi) is 4.54. The molecule has 1 aromatic carbocycles. The summed E-state index contributed by atoms with van der Waals surface area (Å²) >= 11 is 5.53. The van der Waals surface area contributed by atoms with Crippen LogP contribution in [0, 0.1) is 5.82 Å². The number of rotatable bonds is 5. The van der Waals surface area contributed by atoms with Crippen LogP contribution in [-0.4, -0.2) is 25.0 Å². The van der Waals surface area contributed by atoms with Crippen LogP contribution in [0.3, 0.4) is 0 Å². The molecule has 1 rings (SSSR count). The van der Waals surface area contributed by atoms with Gasteiger partial charge >= 0.3 is 5.97 Å². The molecule has 2 N–H and O–H groups in total. The number of hydrogen-bond donors (Lipinski definition) is 2. The van der Waals surface area contributed by atoms with E-state index < -0.39 is 32.2 Å². The van der Waals surface area contributed by atoms with Crippen LogP contribution >= 0.6 is 11.6 Å². The van der Waals surface area contributed by atoms with Gasteiger partial charge in [0.1, 0.15) is 16.3 Å². The lowest BCUT2D eigenvalue weighted by atomic mass is 10.0. The highest BCUT2D eigenvalue weighted by molar-refractivity contribution is 7.89. The van der Waals surface area contributed by atoms with Gasteiger partial charge in [0, 0.05) is 5.02 Å². The van der Waals surface area contributed by atoms with Crippen molar-refractivity contribution < 1.29 is 22.7 Å². The van der Waals surface area contributed by atoms with E-state index in [1.807, 2.05) is 4.72 Å². The van der Waals surface area contributed by atoms with Crippen LogP contribution in [-0.2, 0) is 14.8 Å². The second-order valence-corrected chi connectivity index (χ2v) is 6.26. The van der Waals surface area contributed by atoms with Crippen molar-refractivity contribution in [1.82, 2.24) is 4.72 Å². The van der Waals surface area contributed by atoms with Gasteiger partial charge in [0.25, 0.3) is 0 Å². The molecule has 106 valence electrons. The molecular weight excluding hydrogens is 297 g/mol. The summed E-state index contributed by atoms with van der Waals surface area (Å²) in [4.78, 5) is 10.4. The first-order chi connectivity index (χ1) is 8.62. The van der Waals surface area contributed by atoms with Gasteiger partial charge in [-0.25, -0.2) is 12.8 Å². The van der Waals surface area contributed by atoms with Crippen LogP contribution < -0.4 is 4.72 Å². The fourth-order valence-electron chi connectivity index (χ4n) is 1.31. The van der Waals surface area contributed by atoms with Crippen LogP contribution in [0.2, 0.25) is 5.02 Å². The molecule has 0 saturated heterocycles. The van der Waals surface area contributed by atoms with Crippen molar-refractivity contribution in [2.24, 2.45) is 0 Å². The summed E-state index contributed by atoms with van der Waals surface area (Å²) in [6.07, 6.45) is 0.0107. The van der Waals surface area contributed by atoms with Gasteiger partial charge in [-0.1, -0.05) is 18.5 Å². The van der Waals surface area contributed by atoms with E-state index in [1.165, 1.54) is 19.9 Å². The molecule has 1 unspecified atom stereocenters. The van der Waals surface area contributed by atoms with Crippen LogP contribution in [0.15, 0.2) is 23.1 Å². The molecule has 0 spiro atoms. The number of hydrogen-bond acceptors (Lipinski definition) is 3. The highest BCUT2D eigenvalue weighted by Crippen LogP contribution is 2.21. The Morgan fingerprint density at radius 1 is 1.53 bits per heavy atom. The van der Waals surface area contributed by atoms with E-state index in [1.54, 1.807) is 0 Å². The number of aliphatic carboxylic acids is 1. The second-order valence-electron chi connectivity index (χ2n) is 4.17. The van der Waals surface area contributed by atoms with Gasteiger partial charge in [0.15, 0.2) is 0 Å². The van der Waals surface area contributed by atoms with Crippen LogP contribution in [0.25, 0.3) is 0 Å². The fourth-order valence-corrected chi connectivity index (χ4v) is 2.97. The van der Waals surface area contributed by atoms with Crippen molar-refractivity contribution in [3.8, 4) is 0 Å². The SMILES string of the molecule is CCC(C)(NS(=O)(=O)c1ccc(Cl)cc1F)C(=O)O. The van der Waals surface area contributed by atoms with Gasteiger partial charge in [-0.15, -0.1) is 0 Å². The number of sulfonamides is 1. The largest absolute Gasteiger partial charge is 0.480 e. The Bertz CT molecular complexity index is 605. The third-order valence-electron chi connectivity index (χ3n) is 2.72. The minimum atomic E-state index is -4.29. The normalized spacial score (nSPS) is 14.9. The van der Waals surface area contributed by atoms with Gasteiger partial charge in [-0.3, -0.25) is 4.79 Å². The van der Waals surface area contributed by atoms with Crippen LogP contribution in [0.5, 0.6) is 0 Å². The summed E-state index contributed by atoms with van der Waals surface area (Å²) in [5.74, 6) is -2.38. The summed E-state index contributed by atoms with van der Waals surface area (Å²) in [6.45, 7) is 2.72. The minimum Gasteiger partial charge on any atom is -0.480 e. The predicted octanol–water partition coefficient (Wildman–Crippen LogP) is 2.01. The molecule has 0 aromatic heterocycles. The highest BCUT2D eigenvalue weighted by atomic mass is 35.5. The van der Waals surface area contributed by atoms with Crippen molar-refractivity contribution >= 4 is 27.6 Å². The molecule has 8 heteroatoms.